The monoisotopic (exact) mass is 372 g/mol. The number of methoxy groups -OCH3 is 1. The Morgan fingerprint density at radius 2 is 2.15 bits per heavy atom. The van der Waals surface area contributed by atoms with E-state index in [4.69, 9.17) is 9.47 Å². The number of carbonyl (C=O) groups is 1. The molecular weight excluding hydrogens is 346 g/mol. The molecule has 0 aliphatic carbocycles. The van der Waals surface area contributed by atoms with E-state index in [1.54, 1.807) is 0 Å². The van der Waals surface area contributed by atoms with Crippen molar-refractivity contribution in [2.75, 3.05) is 39.9 Å². The molecule has 1 aromatic rings. The van der Waals surface area contributed by atoms with Crippen LogP contribution in [0.4, 0.5) is 8.78 Å². The molecule has 1 unspecified atom stereocenters. The first-order valence-corrected chi connectivity index (χ1v) is 8.64. The van der Waals surface area contributed by atoms with Gasteiger partial charge in [0.25, 0.3) is 5.91 Å². The van der Waals surface area contributed by atoms with Crippen LogP contribution in [0.1, 0.15) is 24.2 Å². The van der Waals surface area contributed by atoms with Gasteiger partial charge in [-0.2, -0.15) is 8.78 Å². The molecule has 1 N–H and O–H groups in total. The van der Waals surface area contributed by atoms with E-state index >= 15 is 0 Å². The Kier molecular flexibility index (Phi) is 7.59. The number of nitrogens with zero attached hydrogens (tertiary/aromatic N) is 1. The van der Waals surface area contributed by atoms with E-state index in [0.29, 0.717) is 24.6 Å². The average molecular weight is 372 g/mol. The van der Waals surface area contributed by atoms with E-state index in [-0.39, 0.29) is 23.5 Å². The minimum Gasteiger partial charge on any atom is -0.493 e. The Hall–Kier alpha value is -1.93. The van der Waals surface area contributed by atoms with Gasteiger partial charge in [-0.15, -0.1) is 0 Å². The average Bonchev–Trinajstić information content (AvgIpc) is 2.59. The number of nitrogens with one attached hydrogen (secondary N) is 1. The third-order valence-corrected chi connectivity index (χ3v) is 3.98. The Balaban J connectivity index is 1.91. The molecule has 1 heterocycles. The molecule has 26 heavy (non-hydrogen) atoms. The van der Waals surface area contributed by atoms with Crippen LogP contribution in [0.15, 0.2) is 18.2 Å². The summed E-state index contributed by atoms with van der Waals surface area (Å²) in [5, 5.41) is 2.82. The minimum atomic E-state index is -2.96. The van der Waals surface area contributed by atoms with Gasteiger partial charge in [0.15, 0.2) is 11.5 Å². The summed E-state index contributed by atoms with van der Waals surface area (Å²) in [4.78, 5) is 14.6. The molecule has 0 spiro atoms. The zero-order valence-corrected chi connectivity index (χ0v) is 15.3. The summed E-state index contributed by atoms with van der Waals surface area (Å²) in [6, 6.07) is 4.09. The van der Waals surface area contributed by atoms with Crippen LogP contribution in [0, 0.1) is 5.92 Å². The fourth-order valence-corrected chi connectivity index (χ4v) is 2.90. The first-order valence-electron chi connectivity index (χ1n) is 8.64. The van der Waals surface area contributed by atoms with Crippen molar-refractivity contribution < 1.29 is 27.8 Å². The summed E-state index contributed by atoms with van der Waals surface area (Å²) in [7, 11) is 1.33. The molecule has 1 aliphatic rings. The van der Waals surface area contributed by atoms with E-state index in [1.807, 2.05) is 0 Å². The van der Waals surface area contributed by atoms with Crippen LogP contribution in [0.3, 0.4) is 0 Å². The van der Waals surface area contributed by atoms with Gasteiger partial charge < -0.3 is 19.5 Å². The van der Waals surface area contributed by atoms with Crippen LogP contribution in [0.25, 0.3) is 0 Å². The molecule has 1 fully saturated rings. The topological polar surface area (TPSA) is 60.0 Å². The quantitative estimate of drug-likeness (QED) is 0.759. The molecule has 0 radical (unpaired) electrons. The summed E-state index contributed by atoms with van der Waals surface area (Å²) in [6.45, 7) is 5.06. The first-order chi connectivity index (χ1) is 12.4. The highest BCUT2D eigenvalue weighted by Gasteiger charge is 2.22. The van der Waals surface area contributed by atoms with Gasteiger partial charge in [-0.05, 0) is 24.1 Å². The SMILES string of the molecule is COc1cc(C(=O)NCC2CN(CC(C)C)CCO2)ccc1OC(F)F. The van der Waals surface area contributed by atoms with Crippen LogP contribution in [0.5, 0.6) is 11.5 Å². The number of benzene rings is 1. The maximum Gasteiger partial charge on any atom is 0.387 e. The number of amides is 1. The van der Waals surface area contributed by atoms with Crippen LogP contribution >= 0.6 is 0 Å². The molecule has 2 rings (SSSR count). The molecule has 0 saturated carbocycles. The molecule has 0 bridgehead atoms. The maximum absolute atomic E-state index is 12.4. The molecule has 6 nitrogen and oxygen atoms in total. The molecule has 1 atom stereocenters. The smallest absolute Gasteiger partial charge is 0.387 e. The number of carbonyl (C=O) groups excluding carboxylic acids is 1. The Morgan fingerprint density at radius 1 is 1.38 bits per heavy atom. The molecule has 1 saturated heterocycles. The third kappa shape index (κ3) is 6.10. The second-order valence-electron chi connectivity index (χ2n) is 6.60. The predicted octanol–water partition coefficient (Wildman–Crippen LogP) is 2.38. The van der Waals surface area contributed by atoms with Gasteiger partial charge in [0, 0.05) is 31.7 Å². The lowest BCUT2D eigenvalue weighted by molar-refractivity contribution is -0.0512. The van der Waals surface area contributed by atoms with E-state index in [0.717, 1.165) is 19.6 Å². The number of hydrogen-bond acceptors (Lipinski definition) is 5. The predicted molar refractivity (Wildman–Crippen MR) is 93.0 cm³/mol. The molecule has 1 amide bonds. The van der Waals surface area contributed by atoms with Crippen molar-refractivity contribution in [1.82, 2.24) is 10.2 Å². The zero-order chi connectivity index (χ0) is 19.1. The van der Waals surface area contributed by atoms with Crippen LogP contribution in [-0.4, -0.2) is 63.4 Å². The molecule has 1 aromatic carbocycles. The summed E-state index contributed by atoms with van der Waals surface area (Å²) in [5.41, 5.74) is 0.304. The van der Waals surface area contributed by atoms with Gasteiger partial charge in [0.1, 0.15) is 0 Å². The van der Waals surface area contributed by atoms with Crippen molar-refractivity contribution in [2.45, 2.75) is 26.6 Å². The van der Waals surface area contributed by atoms with Crippen molar-refractivity contribution in [1.29, 1.82) is 0 Å². The highest BCUT2D eigenvalue weighted by atomic mass is 19.3. The number of ether oxygens (including phenoxy) is 3. The van der Waals surface area contributed by atoms with Gasteiger partial charge in [-0.1, -0.05) is 13.8 Å². The van der Waals surface area contributed by atoms with Gasteiger partial charge in [-0.3, -0.25) is 9.69 Å². The molecule has 8 heteroatoms. The normalized spacial score (nSPS) is 18.2. The number of rotatable bonds is 8. The van der Waals surface area contributed by atoms with Gasteiger partial charge >= 0.3 is 6.61 Å². The summed E-state index contributed by atoms with van der Waals surface area (Å²) in [6.07, 6.45) is -0.0743. The second kappa shape index (κ2) is 9.68. The van der Waals surface area contributed by atoms with Gasteiger partial charge in [-0.25, -0.2) is 0 Å². The lowest BCUT2D eigenvalue weighted by Gasteiger charge is -2.33. The highest BCUT2D eigenvalue weighted by molar-refractivity contribution is 5.94. The molecule has 146 valence electrons. The Bertz CT molecular complexity index is 599. The maximum atomic E-state index is 12.4. The van der Waals surface area contributed by atoms with Crippen LogP contribution in [0.2, 0.25) is 0 Å². The molecule has 1 aliphatic heterocycles. The van der Waals surface area contributed by atoms with Crippen molar-refractivity contribution in [3.63, 3.8) is 0 Å². The van der Waals surface area contributed by atoms with Gasteiger partial charge in [0.2, 0.25) is 0 Å². The summed E-state index contributed by atoms with van der Waals surface area (Å²) in [5.74, 6) is 0.218. The Morgan fingerprint density at radius 3 is 2.81 bits per heavy atom. The Labute approximate surface area is 152 Å². The number of halogens is 2. The molecule has 0 aromatic heterocycles. The van der Waals surface area contributed by atoms with E-state index in [1.165, 1.54) is 25.3 Å². The third-order valence-electron chi connectivity index (χ3n) is 3.98. The lowest BCUT2D eigenvalue weighted by Crippen LogP contribution is -2.48. The van der Waals surface area contributed by atoms with E-state index in [9.17, 15) is 13.6 Å². The summed E-state index contributed by atoms with van der Waals surface area (Å²) < 4.78 is 39.8. The van der Waals surface area contributed by atoms with E-state index < -0.39 is 6.61 Å². The first kappa shape index (κ1) is 20.4. The van der Waals surface area contributed by atoms with Gasteiger partial charge in [0.05, 0.1) is 19.8 Å². The fourth-order valence-electron chi connectivity index (χ4n) is 2.90. The van der Waals surface area contributed by atoms with Crippen molar-refractivity contribution in [3.8, 4) is 11.5 Å². The zero-order valence-electron chi connectivity index (χ0n) is 15.3. The van der Waals surface area contributed by atoms with Crippen LogP contribution in [-0.2, 0) is 4.74 Å². The van der Waals surface area contributed by atoms with Crippen LogP contribution < -0.4 is 14.8 Å². The van der Waals surface area contributed by atoms with Crippen molar-refractivity contribution >= 4 is 5.91 Å². The number of alkyl halides is 2. The second-order valence-corrected chi connectivity index (χ2v) is 6.60. The van der Waals surface area contributed by atoms with Crippen molar-refractivity contribution in [3.05, 3.63) is 23.8 Å². The summed E-state index contributed by atoms with van der Waals surface area (Å²) >= 11 is 0. The van der Waals surface area contributed by atoms with E-state index in [2.05, 4.69) is 28.8 Å². The lowest BCUT2D eigenvalue weighted by atomic mass is 10.1. The number of morpholine rings is 1. The standard InChI is InChI=1S/C18H26F2N2O4/c1-12(2)10-22-6-7-25-14(11-22)9-21-17(23)13-4-5-15(26-18(19)20)16(8-13)24-3/h4-5,8,12,14,18H,6-7,9-11H2,1-3H3,(H,21,23). The minimum absolute atomic E-state index is 0.0743. The van der Waals surface area contributed by atoms with Crippen molar-refractivity contribution in [2.24, 2.45) is 5.92 Å². The fraction of sp³-hybridized carbons (Fsp3) is 0.611. The molecular formula is C18H26F2N2O4. The highest BCUT2D eigenvalue weighted by Crippen LogP contribution is 2.29. The number of hydrogen-bond donors (Lipinski definition) is 1. The largest absolute Gasteiger partial charge is 0.493 e.